The summed E-state index contributed by atoms with van der Waals surface area (Å²) in [4.78, 5) is 4.54. The Morgan fingerprint density at radius 1 is 1.37 bits per heavy atom. The van der Waals surface area contributed by atoms with Crippen molar-refractivity contribution >= 4 is 0 Å². The van der Waals surface area contributed by atoms with E-state index in [0.29, 0.717) is 0 Å². The van der Waals surface area contributed by atoms with Crippen molar-refractivity contribution in [3.05, 3.63) is 35.7 Å². The Morgan fingerprint density at radius 3 is 2.74 bits per heavy atom. The Hall–Kier alpha value is -1.62. The fraction of sp³-hybridized carbons (Fsp3) is 0.571. The van der Waals surface area contributed by atoms with Gasteiger partial charge in [-0.05, 0) is 19.9 Å². The number of nitrogens with one attached hydrogen (secondary N) is 1. The topological polar surface area (TPSA) is 47.7 Å². The predicted molar refractivity (Wildman–Crippen MR) is 76.0 cm³/mol. The SMILES string of the molecule is CCCn1ccnc1C(NCC)c1cn(C)nc1C. The van der Waals surface area contributed by atoms with Crippen LogP contribution in [0.2, 0.25) is 0 Å². The molecule has 0 saturated heterocycles. The summed E-state index contributed by atoms with van der Waals surface area (Å²) in [5.41, 5.74) is 2.26. The van der Waals surface area contributed by atoms with Crippen LogP contribution in [0.3, 0.4) is 0 Å². The standard InChI is InChI=1S/C14H23N5/c1-5-8-19-9-7-16-14(19)13(15-6-2)12-10-18(4)17-11(12)3/h7,9-10,13,15H,5-6,8H2,1-4H3. The van der Waals surface area contributed by atoms with Crippen molar-refractivity contribution in [1.29, 1.82) is 0 Å². The van der Waals surface area contributed by atoms with E-state index in [4.69, 9.17) is 0 Å². The molecule has 0 aliphatic heterocycles. The van der Waals surface area contributed by atoms with Gasteiger partial charge in [0, 0.05) is 37.7 Å². The second-order valence-corrected chi connectivity index (χ2v) is 4.81. The van der Waals surface area contributed by atoms with Gasteiger partial charge in [-0.1, -0.05) is 13.8 Å². The fourth-order valence-corrected chi connectivity index (χ4v) is 2.46. The van der Waals surface area contributed by atoms with E-state index in [1.54, 1.807) is 0 Å². The molecule has 2 aromatic heterocycles. The quantitative estimate of drug-likeness (QED) is 0.865. The van der Waals surface area contributed by atoms with Gasteiger partial charge in [0.05, 0.1) is 11.7 Å². The average molecular weight is 261 g/mol. The van der Waals surface area contributed by atoms with Crippen LogP contribution in [-0.2, 0) is 13.6 Å². The lowest BCUT2D eigenvalue weighted by molar-refractivity contribution is 0.542. The van der Waals surface area contributed by atoms with Crippen molar-refractivity contribution in [2.75, 3.05) is 6.54 Å². The third-order valence-corrected chi connectivity index (χ3v) is 3.24. The van der Waals surface area contributed by atoms with Crippen LogP contribution in [0.1, 0.15) is 43.4 Å². The van der Waals surface area contributed by atoms with E-state index in [0.717, 1.165) is 31.0 Å². The first-order valence-corrected chi connectivity index (χ1v) is 6.91. The van der Waals surface area contributed by atoms with Crippen molar-refractivity contribution in [1.82, 2.24) is 24.6 Å². The van der Waals surface area contributed by atoms with Crippen molar-refractivity contribution in [3.63, 3.8) is 0 Å². The maximum atomic E-state index is 4.54. The molecule has 5 nitrogen and oxygen atoms in total. The highest BCUT2D eigenvalue weighted by atomic mass is 15.3. The molecule has 2 rings (SSSR count). The van der Waals surface area contributed by atoms with Gasteiger partial charge in [0.1, 0.15) is 5.82 Å². The number of aryl methyl sites for hydroxylation is 3. The van der Waals surface area contributed by atoms with E-state index in [1.165, 1.54) is 5.56 Å². The largest absolute Gasteiger partial charge is 0.333 e. The highest BCUT2D eigenvalue weighted by Gasteiger charge is 2.21. The molecule has 0 bridgehead atoms. The van der Waals surface area contributed by atoms with Gasteiger partial charge in [-0.2, -0.15) is 5.10 Å². The number of hydrogen-bond acceptors (Lipinski definition) is 3. The average Bonchev–Trinajstić information content (AvgIpc) is 2.94. The van der Waals surface area contributed by atoms with Crippen LogP contribution in [0, 0.1) is 6.92 Å². The van der Waals surface area contributed by atoms with Crippen molar-refractivity contribution < 1.29 is 0 Å². The van der Waals surface area contributed by atoms with E-state index < -0.39 is 0 Å². The van der Waals surface area contributed by atoms with Gasteiger partial charge < -0.3 is 9.88 Å². The van der Waals surface area contributed by atoms with E-state index in [2.05, 4.69) is 46.2 Å². The molecule has 2 aromatic rings. The minimum Gasteiger partial charge on any atom is -0.333 e. The molecule has 104 valence electrons. The van der Waals surface area contributed by atoms with Crippen molar-refractivity contribution in [2.45, 2.75) is 39.8 Å². The lowest BCUT2D eigenvalue weighted by atomic mass is 10.1. The van der Waals surface area contributed by atoms with Gasteiger partial charge >= 0.3 is 0 Å². The van der Waals surface area contributed by atoms with Crippen LogP contribution in [0.5, 0.6) is 0 Å². The molecular formula is C14H23N5. The Bertz CT molecular complexity index is 526. The summed E-state index contributed by atoms with van der Waals surface area (Å²) in [6.07, 6.45) is 7.11. The van der Waals surface area contributed by atoms with E-state index in [-0.39, 0.29) is 6.04 Å². The molecule has 0 aromatic carbocycles. The van der Waals surface area contributed by atoms with Crippen LogP contribution >= 0.6 is 0 Å². The third-order valence-electron chi connectivity index (χ3n) is 3.24. The first-order chi connectivity index (χ1) is 9.17. The molecule has 2 heterocycles. The summed E-state index contributed by atoms with van der Waals surface area (Å²) in [7, 11) is 1.96. The fourth-order valence-electron chi connectivity index (χ4n) is 2.46. The maximum Gasteiger partial charge on any atom is 0.130 e. The summed E-state index contributed by atoms with van der Waals surface area (Å²) in [5, 5.41) is 7.96. The van der Waals surface area contributed by atoms with E-state index in [9.17, 15) is 0 Å². The van der Waals surface area contributed by atoms with Gasteiger partial charge in [0.2, 0.25) is 0 Å². The molecule has 0 saturated carbocycles. The van der Waals surface area contributed by atoms with Gasteiger partial charge in [-0.15, -0.1) is 0 Å². The molecule has 0 spiro atoms. The summed E-state index contributed by atoms with van der Waals surface area (Å²) in [6, 6.07) is 0.111. The molecule has 1 unspecified atom stereocenters. The zero-order valence-electron chi connectivity index (χ0n) is 12.2. The van der Waals surface area contributed by atoms with Crippen LogP contribution in [-0.4, -0.2) is 25.9 Å². The molecule has 0 amide bonds. The molecule has 1 N–H and O–H groups in total. The number of nitrogens with zero attached hydrogens (tertiary/aromatic N) is 4. The molecular weight excluding hydrogens is 238 g/mol. The Labute approximate surface area is 114 Å². The first kappa shape index (κ1) is 13.8. The van der Waals surface area contributed by atoms with Gasteiger partial charge in [0.15, 0.2) is 0 Å². The third kappa shape index (κ3) is 2.87. The number of hydrogen-bond donors (Lipinski definition) is 1. The van der Waals surface area contributed by atoms with Gasteiger partial charge in [-0.25, -0.2) is 4.98 Å². The maximum absolute atomic E-state index is 4.54. The number of aromatic nitrogens is 4. The van der Waals surface area contributed by atoms with E-state index >= 15 is 0 Å². The van der Waals surface area contributed by atoms with Crippen LogP contribution in [0.25, 0.3) is 0 Å². The minimum atomic E-state index is 0.111. The summed E-state index contributed by atoms with van der Waals surface area (Å²) in [5.74, 6) is 1.07. The summed E-state index contributed by atoms with van der Waals surface area (Å²) >= 11 is 0. The van der Waals surface area contributed by atoms with Crippen molar-refractivity contribution in [2.24, 2.45) is 7.05 Å². The van der Waals surface area contributed by atoms with Crippen LogP contribution < -0.4 is 5.32 Å². The molecule has 5 heteroatoms. The molecule has 1 atom stereocenters. The smallest absolute Gasteiger partial charge is 0.130 e. The second-order valence-electron chi connectivity index (χ2n) is 4.81. The zero-order chi connectivity index (χ0) is 13.8. The zero-order valence-corrected chi connectivity index (χ0v) is 12.2. The van der Waals surface area contributed by atoms with Crippen LogP contribution in [0.15, 0.2) is 18.6 Å². The molecule has 0 radical (unpaired) electrons. The van der Waals surface area contributed by atoms with Gasteiger partial charge in [0.25, 0.3) is 0 Å². The predicted octanol–water partition coefficient (Wildman–Crippen LogP) is 2.03. The van der Waals surface area contributed by atoms with Crippen molar-refractivity contribution in [3.8, 4) is 0 Å². The number of rotatable bonds is 6. The number of imidazole rings is 1. The second kappa shape index (κ2) is 6.02. The Kier molecular flexibility index (Phi) is 4.37. The Morgan fingerprint density at radius 2 is 2.16 bits per heavy atom. The highest BCUT2D eigenvalue weighted by Crippen LogP contribution is 2.23. The molecule has 0 aliphatic rings. The lowest BCUT2D eigenvalue weighted by Gasteiger charge is -2.18. The minimum absolute atomic E-state index is 0.111. The first-order valence-electron chi connectivity index (χ1n) is 6.91. The highest BCUT2D eigenvalue weighted by molar-refractivity contribution is 5.26. The molecule has 19 heavy (non-hydrogen) atoms. The van der Waals surface area contributed by atoms with Gasteiger partial charge in [-0.3, -0.25) is 4.68 Å². The monoisotopic (exact) mass is 261 g/mol. The lowest BCUT2D eigenvalue weighted by Crippen LogP contribution is -2.25. The van der Waals surface area contributed by atoms with E-state index in [1.807, 2.05) is 24.9 Å². The Balaban J connectivity index is 2.39. The molecule has 0 fully saturated rings. The normalized spacial score (nSPS) is 12.8. The summed E-state index contributed by atoms with van der Waals surface area (Å²) in [6.45, 7) is 8.24. The molecule has 0 aliphatic carbocycles. The van der Waals surface area contributed by atoms with Crippen LogP contribution in [0.4, 0.5) is 0 Å². The summed E-state index contributed by atoms with van der Waals surface area (Å²) < 4.78 is 4.09.